The lowest BCUT2D eigenvalue weighted by Gasteiger charge is -2.19. The molecule has 0 radical (unpaired) electrons. The second-order valence-corrected chi connectivity index (χ2v) is 7.37. The molecule has 0 saturated heterocycles. The van der Waals surface area contributed by atoms with Crippen molar-refractivity contribution in [1.29, 1.82) is 0 Å². The first kappa shape index (κ1) is 20.2. The molecular weight excluding hydrogens is 406 g/mol. The van der Waals surface area contributed by atoms with Crippen LogP contribution >= 0.6 is 0 Å². The van der Waals surface area contributed by atoms with E-state index in [9.17, 15) is 33.3 Å². The number of aromatic hydroxyl groups is 1. The average molecular weight is 421 g/mol. The summed E-state index contributed by atoms with van der Waals surface area (Å²) in [6.45, 7) is 1.53. The van der Waals surface area contributed by atoms with Crippen molar-refractivity contribution in [2.45, 2.75) is 18.0 Å². The summed E-state index contributed by atoms with van der Waals surface area (Å²) in [7, 11) is -4.44. The molecule has 152 valence electrons. The number of aliphatic hydroxyl groups excluding tert-OH is 1. The number of phenolic OH excluding ortho intramolecular Hbond substituents is 1. The number of nitro groups is 1. The van der Waals surface area contributed by atoms with Crippen LogP contribution in [0.1, 0.15) is 6.92 Å². The lowest BCUT2D eigenvalue weighted by atomic mass is 10.2. The first-order valence-electron chi connectivity index (χ1n) is 7.99. The Morgan fingerprint density at radius 3 is 2.66 bits per heavy atom. The molecule has 1 heterocycles. The highest BCUT2D eigenvalue weighted by molar-refractivity contribution is 7.85. The van der Waals surface area contributed by atoms with Crippen LogP contribution in [0, 0.1) is 10.1 Å². The van der Waals surface area contributed by atoms with Crippen molar-refractivity contribution in [2.24, 2.45) is 10.2 Å². The van der Waals surface area contributed by atoms with Gasteiger partial charge in [0.1, 0.15) is 17.1 Å². The van der Waals surface area contributed by atoms with E-state index >= 15 is 0 Å². The van der Waals surface area contributed by atoms with Gasteiger partial charge in [-0.3, -0.25) is 20.1 Å². The normalized spacial score (nSPS) is 18.0. The molecule has 2 aromatic carbocycles. The van der Waals surface area contributed by atoms with E-state index in [1.807, 2.05) is 0 Å². The topological polar surface area (TPSA) is 178 Å². The number of non-ortho nitro benzene ring substituents is 1. The van der Waals surface area contributed by atoms with Crippen molar-refractivity contribution in [3.8, 4) is 5.75 Å². The Labute approximate surface area is 164 Å². The first-order valence-corrected chi connectivity index (χ1v) is 9.43. The predicted octanol–water partition coefficient (Wildman–Crippen LogP) is 1.53. The van der Waals surface area contributed by atoms with Crippen molar-refractivity contribution in [3.05, 3.63) is 52.6 Å². The van der Waals surface area contributed by atoms with Crippen molar-refractivity contribution in [2.75, 3.05) is 10.4 Å². The smallest absolute Gasteiger partial charge is 0.294 e. The number of phenols is 1. The fourth-order valence-electron chi connectivity index (χ4n) is 2.54. The summed E-state index contributed by atoms with van der Waals surface area (Å²) >= 11 is 0. The quantitative estimate of drug-likeness (QED) is 0.241. The van der Waals surface area contributed by atoms with Gasteiger partial charge in [-0.1, -0.05) is 6.07 Å². The summed E-state index contributed by atoms with van der Waals surface area (Å²) in [5, 5.41) is 40.3. The molecule has 0 fully saturated rings. The molecular formula is C16H15N5O7S. The lowest BCUT2D eigenvalue weighted by Crippen LogP contribution is -2.33. The minimum atomic E-state index is -4.44. The van der Waals surface area contributed by atoms with E-state index < -0.39 is 21.3 Å². The van der Waals surface area contributed by atoms with Crippen molar-refractivity contribution >= 4 is 38.6 Å². The van der Waals surface area contributed by atoms with Crippen LogP contribution in [0.5, 0.6) is 5.75 Å². The maximum absolute atomic E-state index is 11.3. The maximum atomic E-state index is 11.3. The Bertz CT molecular complexity index is 1150. The van der Waals surface area contributed by atoms with E-state index in [4.69, 9.17) is 0 Å². The van der Waals surface area contributed by atoms with Gasteiger partial charge >= 0.3 is 0 Å². The number of benzene rings is 2. The van der Waals surface area contributed by atoms with Gasteiger partial charge in [0.25, 0.3) is 15.8 Å². The van der Waals surface area contributed by atoms with Crippen molar-refractivity contribution < 1.29 is 28.1 Å². The number of nitro benzene ring substituents is 1. The lowest BCUT2D eigenvalue weighted by molar-refractivity contribution is -0.384. The van der Waals surface area contributed by atoms with Gasteiger partial charge < -0.3 is 10.2 Å². The van der Waals surface area contributed by atoms with E-state index in [1.165, 1.54) is 25.1 Å². The van der Waals surface area contributed by atoms with Crippen LogP contribution < -0.4 is 10.4 Å². The van der Waals surface area contributed by atoms with Crippen molar-refractivity contribution in [1.82, 2.24) is 0 Å². The Balaban J connectivity index is 1.88. The number of aliphatic hydroxyl groups is 1. The van der Waals surface area contributed by atoms with Crippen LogP contribution in [0.25, 0.3) is 0 Å². The maximum Gasteiger partial charge on any atom is 0.294 e. The third-order valence-corrected chi connectivity index (χ3v) is 4.82. The van der Waals surface area contributed by atoms with E-state index in [2.05, 4.69) is 15.6 Å². The predicted molar refractivity (Wildman–Crippen MR) is 104 cm³/mol. The SMILES string of the molecule is CC1=NN(c2cccc(S(=O)(=O)O)c2)C(O)/C1=N/Nc1cc([N+](=O)[O-])ccc1O. The molecule has 4 N–H and O–H groups in total. The monoisotopic (exact) mass is 421 g/mol. The van der Waals surface area contributed by atoms with Gasteiger partial charge in [0, 0.05) is 12.1 Å². The third-order valence-electron chi connectivity index (χ3n) is 3.97. The molecule has 1 unspecified atom stereocenters. The van der Waals surface area contributed by atoms with Crippen LogP contribution in [0.2, 0.25) is 0 Å². The summed E-state index contributed by atoms with van der Waals surface area (Å²) < 4.78 is 31.8. The van der Waals surface area contributed by atoms with Gasteiger partial charge in [0.05, 0.1) is 21.2 Å². The van der Waals surface area contributed by atoms with E-state index in [0.717, 1.165) is 29.3 Å². The van der Waals surface area contributed by atoms with Gasteiger partial charge in [-0.05, 0) is 31.2 Å². The third kappa shape index (κ3) is 4.16. The Morgan fingerprint density at radius 2 is 2.00 bits per heavy atom. The molecule has 29 heavy (non-hydrogen) atoms. The zero-order chi connectivity index (χ0) is 21.3. The molecule has 1 aliphatic heterocycles. The second kappa shape index (κ2) is 7.46. The molecule has 3 rings (SSSR count). The van der Waals surface area contributed by atoms with Gasteiger partial charge in [0.15, 0.2) is 6.23 Å². The molecule has 0 spiro atoms. The molecule has 0 amide bonds. The molecule has 0 saturated carbocycles. The zero-order valence-electron chi connectivity index (χ0n) is 14.8. The van der Waals surface area contributed by atoms with E-state index in [-0.39, 0.29) is 39.1 Å². The molecule has 2 aromatic rings. The Kier molecular flexibility index (Phi) is 5.19. The molecule has 0 bridgehead atoms. The van der Waals surface area contributed by atoms with Gasteiger partial charge in [-0.25, -0.2) is 5.01 Å². The van der Waals surface area contributed by atoms with Crippen LogP contribution in [0.3, 0.4) is 0 Å². The van der Waals surface area contributed by atoms with Crippen LogP contribution in [0.4, 0.5) is 17.1 Å². The highest BCUT2D eigenvalue weighted by Gasteiger charge is 2.31. The fourth-order valence-corrected chi connectivity index (χ4v) is 3.06. The highest BCUT2D eigenvalue weighted by atomic mass is 32.2. The molecule has 13 heteroatoms. The van der Waals surface area contributed by atoms with Gasteiger partial charge in [-0.2, -0.15) is 18.6 Å². The molecule has 12 nitrogen and oxygen atoms in total. The molecule has 0 aliphatic carbocycles. The summed E-state index contributed by atoms with van der Waals surface area (Å²) in [6.07, 6.45) is -1.42. The summed E-state index contributed by atoms with van der Waals surface area (Å²) in [5.41, 5.74) is 2.60. The van der Waals surface area contributed by atoms with Gasteiger partial charge in [0.2, 0.25) is 0 Å². The first-order chi connectivity index (χ1) is 13.6. The number of rotatable bonds is 5. The summed E-state index contributed by atoms with van der Waals surface area (Å²) in [6, 6.07) is 8.45. The van der Waals surface area contributed by atoms with E-state index in [0.29, 0.717) is 0 Å². The van der Waals surface area contributed by atoms with Crippen LogP contribution in [-0.2, 0) is 10.1 Å². The molecule has 1 atom stereocenters. The number of nitrogens with zero attached hydrogens (tertiary/aromatic N) is 4. The number of hydrogen-bond donors (Lipinski definition) is 4. The van der Waals surface area contributed by atoms with Crippen LogP contribution in [-0.4, -0.2) is 45.8 Å². The molecule has 0 aromatic heterocycles. The largest absolute Gasteiger partial charge is 0.506 e. The Hall–Kier alpha value is -3.55. The van der Waals surface area contributed by atoms with E-state index in [1.54, 1.807) is 0 Å². The average Bonchev–Trinajstić information content (AvgIpc) is 2.94. The number of hydrazone groups is 2. The fraction of sp³-hybridized carbons (Fsp3) is 0.125. The number of nitrogens with one attached hydrogen (secondary N) is 1. The highest BCUT2D eigenvalue weighted by Crippen LogP contribution is 2.29. The van der Waals surface area contributed by atoms with Gasteiger partial charge in [-0.15, -0.1) is 0 Å². The second-order valence-electron chi connectivity index (χ2n) is 5.94. The van der Waals surface area contributed by atoms with Crippen molar-refractivity contribution in [3.63, 3.8) is 0 Å². The van der Waals surface area contributed by atoms with Crippen LogP contribution in [0.15, 0.2) is 57.6 Å². The number of hydrogen-bond acceptors (Lipinski definition) is 10. The minimum absolute atomic E-state index is 0.0353. The minimum Gasteiger partial charge on any atom is -0.506 e. The summed E-state index contributed by atoms with van der Waals surface area (Å²) in [5.74, 6) is -0.292. The zero-order valence-corrected chi connectivity index (χ0v) is 15.6. The standard InChI is InChI=1S/C16H15N5O7S/c1-9-15(18-17-13-8-11(21(24)25)5-6-14(13)22)16(23)20(19-9)10-3-2-4-12(7-10)29(26,27)28/h2-8,16-17,22-23H,1H3,(H,26,27,28)/b18-15+. The summed E-state index contributed by atoms with van der Waals surface area (Å²) in [4.78, 5) is 9.85. The molecule has 1 aliphatic rings. The Morgan fingerprint density at radius 1 is 1.28 bits per heavy atom. The number of anilines is 2.